The van der Waals surface area contributed by atoms with Crippen LogP contribution < -0.4 is 9.84 Å². The summed E-state index contributed by atoms with van der Waals surface area (Å²) in [6, 6.07) is 13.1. The predicted molar refractivity (Wildman–Crippen MR) is 103 cm³/mol. The van der Waals surface area contributed by atoms with E-state index in [4.69, 9.17) is 4.74 Å². The van der Waals surface area contributed by atoms with Crippen molar-refractivity contribution in [2.24, 2.45) is 0 Å². The number of halogens is 3. The van der Waals surface area contributed by atoms with Gasteiger partial charge in [0.15, 0.2) is 5.75 Å². The van der Waals surface area contributed by atoms with Gasteiger partial charge in [-0.1, -0.05) is 46.3 Å². The van der Waals surface area contributed by atoms with Gasteiger partial charge in [0.1, 0.15) is 0 Å². The zero-order valence-corrected chi connectivity index (χ0v) is 17.1. The second kappa shape index (κ2) is 7.27. The Bertz CT molecular complexity index is 986. The molecule has 0 fully saturated rings. The fraction of sp³-hybridized carbons (Fsp3) is 0. The average Bonchev–Trinajstić information content (AvgIpc) is 2.56. The maximum atomic E-state index is 12.7. The Morgan fingerprint density at radius 2 is 1.44 bits per heavy atom. The van der Waals surface area contributed by atoms with E-state index in [2.05, 4.69) is 47.8 Å². The summed E-state index contributed by atoms with van der Waals surface area (Å²) in [7, 11) is 0. The maximum absolute atomic E-state index is 12.7. The van der Waals surface area contributed by atoms with Gasteiger partial charge in [0.2, 0.25) is 0 Å². The van der Waals surface area contributed by atoms with Crippen molar-refractivity contribution in [3.05, 3.63) is 73.1 Å². The van der Waals surface area contributed by atoms with E-state index in [0.29, 0.717) is 25.5 Å². The van der Waals surface area contributed by atoms with E-state index in [0.717, 1.165) is 4.47 Å². The predicted octanol–water partition coefficient (Wildman–Crippen LogP) is 4.71. The lowest BCUT2D eigenvalue weighted by Gasteiger charge is -2.13. The van der Waals surface area contributed by atoms with Crippen molar-refractivity contribution >= 4 is 70.5 Å². The molecule has 3 rings (SSSR count). The summed E-state index contributed by atoms with van der Waals surface area (Å²) in [6.45, 7) is 0. The molecule has 3 aromatic carbocycles. The van der Waals surface area contributed by atoms with Crippen molar-refractivity contribution in [1.82, 2.24) is 0 Å². The van der Waals surface area contributed by atoms with Crippen LogP contribution in [-0.4, -0.2) is 11.9 Å². The number of carboxylic acid groups (broad SMARTS) is 1. The molecule has 4 nitrogen and oxygen atoms in total. The number of hydrogen-bond acceptors (Lipinski definition) is 4. The number of hydrogen-bond donors (Lipinski definition) is 0. The highest BCUT2D eigenvalue weighted by Gasteiger charge is 2.18. The first kappa shape index (κ1) is 18.1. The number of aromatic carboxylic acids is 1. The minimum absolute atomic E-state index is 0.0565. The Morgan fingerprint density at radius 1 is 0.880 bits per heavy atom. The third-order valence-electron chi connectivity index (χ3n) is 3.50. The van der Waals surface area contributed by atoms with Crippen LogP contribution in [0.5, 0.6) is 5.75 Å². The van der Waals surface area contributed by atoms with Crippen LogP contribution in [0, 0.1) is 0 Å². The Balaban J connectivity index is 2.11. The second-order valence-electron chi connectivity index (χ2n) is 5.08. The van der Waals surface area contributed by atoms with Gasteiger partial charge in [0, 0.05) is 15.4 Å². The van der Waals surface area contributed by atoms with Crippen molar-refractivity contribution in [2.75, 3.05) is 0 Å². The summed E-state index contributed by atoms with van der Waals surface area (Å²) >= 11 is 10.0. The van der Waals surface area contributed by atoms with Gasteiger partial charge < -0.3 is 14.6 Å². The lowest BCUT2D eigenvalue weighted by atomic mass is 9.99. The number of fused-ring (bicyclic) bond motifs is 1. The highest BCUT2D eigenvalue weighted by molar-refractivity contribution is 9.11. The number of carboxylic acids is 1. The van der Waals surface area contributed by atoms with Gasteiger partial charge in [0.05, 0.1) is 20.5 Å². The SMILES string of the molecule is O=C([O-])c1cccc2cccc(C(=O)Oc3c(Br)cc(Br)cc3Br)c12. The summed E-state index contributed by atoms with van der Waals surface area (Å²) in [6.07, 6.45) is 0. The van der Waals surface area contributed by atoms with Crippen molar-refractivity contribution in [1.29, 1.82) is 0 Å². The highest BCUT2D eigenvalue weighted by atomic mass is 79.9. The van der Waals surface area contributed by atoms with Gasteiger partial charge in [-0.25, -0.2) is 4.79 Å². The number of rotatable bonds is 3. The number of carbonyl (C=O) groups excluding carboxylic acids is 2. The second-order valence-corrected chi connectivity index (χ2v) is 7.71. The zero-order valence-electron chi connectivity index (χ0n) is 12.4. The fourth-order valence-electron chi connectivity index (χ4n) is 2.46. The quantitative estimate of drug-likeness (QED) is 0.365. The Kier molecular flexibility index (Phi) is 5.27. The third-order valence-corrected chi connectivity index (χ3v) is 5.14. The summed E-state index contributed by atoms with van der Waals surface area (Å²) in [4.78, 5) is 24.1. The van der Waals surface area contributed by atoms with E-state index in [1.165, 1.54) is 12.1 Å². The third kappa shape index (κ3) is 3.63. The molecule has 0 atom stereocenters. The molecule has 0 heterocycles. The van der Waals surface area contributed by atoms with Crippen molar-refractivity contribution in [3.63, 3.8) is 0 Å². The normalized spacial score (nSPS) is 10.7. The van der Waals surface area contributed by atoms with Gasteiger partial charge >= 0.3 is 5.97 Å². The van der Waals surface area contributed by atoms with E-state index < -0.39 is 11.9 Å². The minimum atomic E-state index is -1.35. The molecule has 0 aliphatic heterocycles. The van der Waals surface area contributed by atoms with E-state index in [-0.39, 0.29) is 11.1 Å². The summed E-state index contributed by atoms with van der Waals surface area (Å²) in [5.41, 5.74) is 0.0954. The first-order chi connectivity index (χ1) is 11.9. The van der Waals surface area contributed by atoms with Gasteiger partial charge in [0.25, 0.3) is 0 Å². The fourth-order valence-corrected chi connectivity index (χ4v) is 4.88. The van der Waals surface area contributed by atoms with Crippen LogP contribution in [0.1, 0.15) is 20.7 Å². The number of carbonyl (C=O) groups is 2. The van der Waals surface area contributed by atoms with Crippen LogP contribution in [0.2, 0.25) is 0 Å². The molecule has 0 unspecified atom stereocenters. The van der Waals surface area contributed by atoms with Crippen molar-refractivity contribution in [3.8, 4) is 5.75 Å². The molecule has 0 radical (unpaired) electrons. The molecule has 0 aliphatic carbocycles. The summed E-state index contributed by atoms with van der Waals surface area (Å²) in [5.74, 6) is -1.71. The Labute approximate surface area is 168 Å². The van der Waals surface area contributed by atoms with Crippen LogP contribution in [-0.2, 0) is 0 Å². The molecule has 126 valence electrons. The smallest absolute Gasteiger partial charge is 0.344 e. The van der Waals surface area contributed by atoms with Crippen LogP contribution in [0.3, 0.4) is 0 Å². The van der Waals surface area contributed by atoms with Gasteiger partial charge in [-0.3, -0.25) is 0 Å². The number of ether oxygens (including phenoxy) is 1. The minimum Gasteiger partial charge on any atom is -0.545 e. The van der Waals surface area contributed by atoms with Gasteiger partial charge in [-0.15, -0.1) is 0 Å². The molecule has 0 aliphatic rings. The van der Waals surface area contributed by atoms with E-state index in [1.807, 2.05) is 0 Å². The molecule has 0 amide bonds. The Morgan fingerprint density at radius 3 is 2.00 bits per heavy atom. The molecule has 0 N–H and O–H groups in total. The van der Waals surface area contributed by atoms with E-state index >= 15 is 0 Å². The standard InChI is InChI=1S/C18H9Br3O4/c19-10-7-13(20)16(14(21)8-10)25-18(24)12-6-2-4-9-3-1-5-11(15(9)12)17(22)23/h1-8H,(H,22,23)/p-1. The number of esters is 1. The van der Waals surface area contributed by atoms with E-state index in [9.17, 15) is 14.7 Å². The number of benzene rings is 3. The molecule has 7 heteroatoms. The molecule has 0 aromatic heterocycles. The molecular formula is C18H8Br3O4-. The summed E-state index contributed by atoms with van der Waals surface area (Å²) in [5, 5.41) is 12.3. The monoisotopic (exact) mass is 525 g/mol. The van der Waals surface area contributed by atoms with Crippen LogP contribution in [0.4, 0.5) is 0 Å². The van der Waals surface area contributed by atoms with Crippen LogP contribution in [0.15, 0.2) is 61.9 Å². The molecule has 25 heavy (non-hydrogen) atoms. The largest absolute Gasteiger partial charge is 0.545 e. The molecule has 0 bridgehead atoms. The highest BCUT2D eigenvalue weighted by Crippen LogP contribution is 2.37. The van der Waals surface area contributed by atoms with Crippen LogP contribution in [0.25, 0.3) is 10.8 Å². The topological polar surface area (TPSA) is 66.4 Å². The average molecular weight is 528 g/mol. The zero-order chi connectivity index (χ0) is 18.1. The lowest BCUT2D eigenvalue weighted by molar-refractivity contribution is -0.254. The molecule has 3 aromatic rings. The van der Waals surface area contributed by atoms with Gasteiger partial charge in [-0.05, 0) is 55.4 Å². The van der Waals surface area contributed by atoms with Crippen molar-refractivity contribution in [2.45, 2.75) is 0 Å². The lowest BCUT2D eigenvalue weighted by Crippen LogP contribution is -2.23. The van der Waals surface area contributed by atoms with Crippen LogP contribution >= 0.6 is 47.8 Å². The Hall–Kier alpha value is -1.70. The maximum Gasteiger partial charge on any atom is 0.344 e. The molecular weight excluding hydrogens is 520 g/mol. The molecule has 0 spiro atoms. The van der Waals surface area contributed by atoms with Crippen molar-refractivity contribution < 1.29 is 19.4 Å². The van der Waals surface area contributed by atoms with E-state index in [1.54, 1.807) is 36.4 Å². The molecule has 0 saturated carbocycles. The summed E-state index contributed by atoms with van der Waals surface area (Å²) < 4.78 is 7.44. The molecule has 0 saturated heterocycles. The first-order valence-corrected chi connectivity index (χ1v) is 9.36. The first-order valence-electron chi connectivity index (χ1n) is 6.98. The van der Waals surface area contributed by atoms with Gasteiger partial charge in [-0.2, -0.15) is 0 Å².